The monoisotopic (exact) mass is 443 g/mol. The SMILES string of the molecule is CC(=O)N1CC[NH+](CCC[N+](C)(CCCS(=O)(=O)[O-])CCCS(=O)(=O)[O-])CC1. The van der Waals surface area contributed by atoms with E-state index < -0.39 is 31.7 Å². The maximum atomic E-state index is 11.4. The molecule has 1 heterocycles. The molecule has 1 saturated heterocycles. The van der Waals surface area contributed by atoms with Crippen molar-refractivity contribution in [2.24, 2.45) is 0 Å². The summed E-state index contributed by atoms with van der Waals surface area (Å²) in [6.07, 6.45) is 1.26. The number of nitrogens with one attached hydrogen (secondary N) is 1. The van der Waals surface area contributed by atoms with E-state index in [1.807, 2.05) is 11.9 Å². The maximum Gasteiger partial charge on any atom is 0.219 e. The molecule has 1 N–H and O–H groups in total. The zero-order valence-electron chi connectivity index (χ0n) is 16.8. The Bertz CT molecular complexity index is 664. The molecule has 0 spiro atoms. The van der Waals surface area contributed by atoms with Gasteiger partial charge in [0.2, 0.25) is 5.91 Å². The molecule has 1 aliphatic heterocycles. The van der Waals surface area contributed by atoms with E-state index in [2.05, 4.69) is 0 Å². The molecular weight excluding hydrogens is 410 g/mol. The number of hydrogen-bond donors (Lipinski definition) is 1. The molecule has 0 aromatic carbocycles. The average Bonchev–Trinajstić information content (AvgIpc) is 2.53. The third kappa shape index (κ3) is 11.3. The normalized spacial score (nSPS) is 17.1. The number of amides is 1. The van der Waals surface area contributed by atoms with Crippen LogP contribution in [-0.4, -0.2) is 112 Å². The van der Waals surface area contributed by atoms with Crippen molar-refractivity contribution < 1.29 is 40.1 Å². The minimum absolute atomic E-state index is 0.0879. The van der Waals surface area contributed by atoms with Gasteiger partial charge in [0.25, 0.3) is 0 Å². The van der Waals surface area contributed by atoms with Crippen LogP contribution in [-0.2, 0) is 25.0 Å². The highest BCUT2D eigenvalue weighted by molar-refractivity contribution is 7.85. The molecule has 0 radical (unpaired) electrons. The van der Waals surface area contributed by atoms with Crippen LogP contribution in [0.2, 0.25) is 0 Å². The summed E-state index contributed by atoms with van der Waals surface area (Å²) in [6.45, 7) is 7.29. The van der Waals surface area contributed by atoms with Crippen LogP contribution in [0.5, 0.6) is 0 Å². The predicted octanol–water partition coefficient (Wildman–Crippen LogP) is -2.56. The van der Waals surface area contributed by atoms with Crippen LogP contribution in [0.15, 0.2) is 0 Å². The predicted molar refractivity (Wildman–Crippen MR) is 102 cm³/mol. The second-order valence-corrected chi connectivity index (χ2v) is 10.9. The fraction of sp³-hybridized carbons (Fsp3) is 0.938. The van der Waals surface area contributed by atoms with Crippen LogP contribution in [0.25, 0.3) is 0 Å². The third-order valence-electron chi connectivity index (χ3n) is 5.33. The van der Waals surface area contributed by atoms with Crippen molar-refractivity contribution in [1.29, 1.82) is 0 Å². The maximum absolute atomic E-state index is 11.4. The van der Waals surface area contributed by atoms with Crippen LogP contribution in [0, 0.1) is 0 Å². The molecular formula is C16H33N3O7S2. The molecule has 0 saturated carbocycles. The number of nitrogens with zero attached hydrogens (tertiary/aromatic N) is 2. The lowest BCUT2D eigenvalue weighted by atomic mass is 10.2. The summed E-state index contributed by atoms with van der Waals surface area (Å²) in [5, 5.41) is 0. The Morgan fingerprint density at radius 3 is 1.75 bits per heavy atom. The number of rotatable bonds is 12. The first kappa shape index (κ1) is 25.2. The van der Waals surface area contributed by atoms with Gasteiger partial charge in [-0.15, -0.1) is 0 Å². The standard InChI is InChI=1S/C16H33N3O7S2/c1-16(20)18-9-7-17(8-10-18)6-3-11-19(2,12-4-14-27(21,22)23)13-5-15-28(24,25)26/h3-15H2,1-2H3,(H-,21,22,23,24,25,26). The van der Waals surface area contributed by atoms with Crippen LogP contribution in [0.4, 0.5) is 0 Å². The third-order valence-corrected chi connectivity index (χ3v) is 6.91. The van der Waals surface area contributed by atoms with Gasteiger partial charge in [-0.05, 0) is 0 Å². The highest BCUT2D eigenvalue weighted by Gasteiger charge is 2.25. The van der Waals surface area contributed by atoms with Gasteiger partial charge in [-0.25, -0.2) is 16.8 Å². The lowest BCUT2D eigenvalue weighted by Gasteiger charge is -2.36. The van der Waals surface area contributed by atoms with Gasteiger partial charge in [0.05, 0.1) is 79.6 Å². The van der Waals surface area contributed by atoms with E-state index in [1.54, 1.807) is 6.92 Å². The first-order chi connectivity index (χ1) is 12.8. The molecule has 0 bridgehead atoms. The summed E-state index contributed by atoms with van der Waals surface area (Å²) in [4.78, 5) is 14.6. The van der Waals surface area contributed by atoms with E-state index >= 15 is 0 Å². The molecule has 1 aliphatic rings. The number of carbonyl (C=O) groups is 1. The Hall–Kier alpha value is -0.790. The van der Waals surface area contributed by atoms with E-state index in [-0.39, 0.29) is 18.7 Å². The van der Waals surface area contributed by atoms with Crippen molar-refractivity contribution >= 4 is 26.1 Å². The van der Waals surface area contributed by atoms with Crippen molar-refractivity contribution in [2.45, 2.75) is 26.2 Å². The Morgan fingerprint density at radius 1 is 0.929 bits per heavy atom. The van der Waals surface area contributed by atoms with Gasteiger partial charge in [0.1, 0.15) is 0 Å². The van der Waals surface area contributed by atoms with Crippen molar-refractivity contribution in [3.05, 3.63) is 0 Å². The van der Waals surface area contributed by atoms with Crippen molar-refractivity contribution in [1.82, 2.24) is 4.90 Å². The molecule has 10 nitrogen and oxygen atoms in total. The zero-order valence-corrected chi connectivity index (χ0v) is 18.4. The number of carbonyl (C=O) groups excluding carboxylic acids is 1. The summed E-state index contributed by atoms with van der Waals surface area (Å²) in [5.41, 5.74) is 0. The Balaban J connectivity index is 2.50. The lowest BCUT2D eigenvalue weighted by molar-refractivity contribution is -0.925. The number of quaternary nitrogens is 2. The smallest absolute Gasteiger partial charge is 0.219 e. The summed E-state index contributed by atoms with van der Waals surface area (Å²) in [7, 11) is -6.66. The molecule has 0 aromatic rings. The fourth-order valence-corrected chi connectivity index (χ4v) is 4.65. The van der Waals surface area contributed by atoms with Gasteiger partial charge in [-0.1, -0.05) is 0 Å². The average molecular weight is 444 g/mol. The lowest BCUT2D eigenvalue weighted by Crippen LogP contribution is -3.14. The molecule has 12 heteroatoms. The number of piperazine rings is 1. The largest absolute Gasteiger partial charge is 0.748 e. The van der Waals surface area contributed by atoms with Crippen molar-refractivity contribution in [2.75, 3.05) is 70.9 Å². The van der Waals surface area contributed by atoms with Crippen LogP contribution >= 0.6 is 0 Å². The topological polar surface area (TPSA) is 139 Å². The van der Waals surface area contributed by atoms with Crippen molar-refractivity contribution in [3.63, 3.8) is 0 Å². The van der Waals surface area contributed by atoms with Crippen LogP contribution in [0.1, 0.15) is 26.2 Å². The molecule has 0 atom stereocenters. The van der Waals surface area contributed by atoms with Gasteiger partial charge in [0, 0.05) is 37.7 Å². The molecule has 1 rings (SSSR count). The van der Waals surface area contributed by atoms with E-state index in [4.69, 9.17) is 0 Å². The van der Waals surface area contributed by atoms with Gasteiger partial charge in [-0.3, -0.25) is 4.79 Å². The van der Waals surface area contributed by atoms with Gasteiger partial charge >= 0.3 is 0 Å². The van der Waals surface area contributed by atoms with Crippen molar-refractivity contribution in [3.8, 4) is 0 Å². The van der Waals surface area contributed by atoms with E-state index in [9.17, 15) is 30.7 Å². The zero-order chi connectivity index (χ0) is 21.4. The van der Waals surface area contributed by atoms with E-state index in [1.165, 1.54) is 4.90 Å². The van der Waals surface area contributed by atoms with Gasteiger partial charge < -0.3 is 23.4 Å². The van der Waals surface area contributed by atoms with Crippen LogP contribution < -0.4 is 4.90 Å². The number of hydrogen-bond acceptors (Lipinski definition) is 7. The summed E-state index contributed by atoms with van der Waals surface area (Å²) in [6, 6.07) is 0. The second-order valence-electron chi connectivity index (χ2n) is 7.88. The molecule has 0 aromatic heterocycles. The molecule has 166 valence electrons. The van der Waals surface area contributed by atoms with E-state index in [0.717, 1.165) is 39.1 Å². The Labute approximate surface area is 168 Å². The first-order valence-corrected chi connectivity index (χ1v) is 12.7. The fourth-order valence-electron chi connectivity index (χ4n) is 3.68. The Kier molecular flexibility index (Phi) is 9.77. The molecule has 1 fully saturated rings. The summed E-state index contributed by atoms with van der Waals surface area (Å²) in [5.74, 6) is -0.803. The molecule has 0 aliphatic carbocycles. The molecule has 1 amide bonds. The summed E-state index contributed by atoms with van der Waals surface area (Å²) < 4.78 is 65.5. The quantitative estimate of drug-likeness (QED) is 0.258. The van der Waals surface area contributed by atoms with Crippen LogP contribution in [0.3, 0.4) is 0 Å². The van der Waals surface area contributed by atoms with Gasteiger partial charge in [-0.2, -0.15) is 0 Å². The highest BCUT2D eigenvalue weighted by atomic mass is 32.2. The Morgan fingerprint density at radius 2 is 1.36 bits per heavy atom. The first-order valence-electron chi connectivity index (χ1n) is 9.59. The second kappa shape index (κ2) is 10.8. The van der Waals surface area contributed by atoms with Gasteiger partial charge in [0.15, 0.2) is 0 Å². The van der Waals surface area contributed by atoms with E-state index in [0.29, 0.717) is 24.1 Å². The minimum Gasteiger partial charge on any atom is -0.748 e. The summed E-state index contributed by atoms with van der Waals surface area (Å²) >= 11 is 0. The molecule has 28 heavy (non-hydrogen) atoms. The molecule has 0 unspecified atom stereocenters. The highest BCUT2D eigenvalue weighted by Crippen LogP contribution is 2.09. The minimum atomic E-state index is -4.28.